The SMILES string of the molecule is Cc1cc(CNC(=O)c2nc3n(c(=O)c2O)CC2(N4CCC4)CCC3(N(C)C(=O)C(=O)N(C)C)CC2)ccc1F. The number of likely N-dealkylation sites (N-methyl/N-ethyl adjacent to an activating group) is 2. The van der Waals surface area contributed by atoms with Crippen molar-refractivity contribution in [2.24, 2.45) is 0 Å². The van der Waals surface area contributed by atoms with Crippen LogP contribution in [0, 0.1) is 12.7 Å². The van der Waals surface area contributed by atoms with Crippen LogP contribution in [0.25, 0.3) is 0 Å². The minimum atomic E-state index is -1.12. The zero-order valence-electron chi connectivity index (χ0n) is 23.3. The molecule has 1 aliphatic carbocycles. The second-order valence-electron chi connectivity index (χ2n) is 11.5. The highest BCUT2D eigenvalue weighted by molar-refractivity contribution is 6.34. The summed E-state index contributed by atoms with van der Waals surface area (Å²) in [4.78, 5) is 62.4. The topological polar surface area (TPSA) is 128 Å². The van der Waals surface area contributed by atoms with Crippen LogP contribution in [0.2, 0.25) is 0 Å². The van der Waals surface area contributed by atoms with Gasteiger partial charge in [-0.15, -0.1) is 0 Å². The molecule has 2 aromatic rings. The van der Waals surface area contributed by atoms with Crippen molar-refractivity contribution < 1.29 is 23.9 Å². The fraction of sp³-hybridized carbons (Fsp3) is 0.536. The molecular weight excluding hydrogens is 519 g/mol. The first-order valence-corrected chi connectivity index (χ1v) is 13.5. The molecule has 11 nitrogen and oxygen atoms in total. The number of nitrogens with zero attached hydrogens (tertiary/aromatic N) is 5. The van der Waals surface area contributed by atoms with Gasteiger partial charge >= 0.3 is 11.8 Å². The Balaban J connectivity index is 1.57. The molecule has 1 aromatic carbocycles. The normalized spacial score (nSPS) is 23.5. The van der Waals surface area contributed by atoms with Gasteiger partial charge in [0.05, 0.1) is 0 Å². The van der Waals surface area contributed by atoms with E-state index in [4.69, 9.17) is 0 Å². The van der Waals surface area contributed by atoms with E-state index in [9.17, 15) is 28.7 Å². The molecular formula is C28H35FN6O5. The standard InChI is InChI=1S/C28H35FN6O5/c1-17-14-18(6-7-19(17)29)15-30-22(37)20-21(36)23(38)35-16-27(34-12-5-13-34)8-10-28(11-9-27,26(35)31-20)33(4)25(40)24(39)32(2)3/h6-7,14,36H,5,8-13,15-16H2,1-4H3,(H,30,37). The van der Waals surface area contributed by atoms with Crippen molar-refractivity contribution in [3.63, 3.8) is 0 Å². The summed E-state index contributed by atoms with van der Waals surface area (Å²) in [5.41, 5.74) is -1.61. The lowest BCUT2D eigenvalue weighted by atomic mass is 9.71. The molecule has 3 amide bonds. The molecule has 0 spiro atoms. The molecule has 1 saturated heterocycles. The summed E-state index contributed by atoms with van der Waals surface area (Å²) in [5.74, 6) is -3.17. The van der Waals surface area contributed by atoms with E-state index in [2.05, 4.69) is 15.2 Å². The van der Waals surface area contributed by atoms with Crippen molar-refractivity contribution in [1.29, 1.82) is 0 Å². The van der Waals surface area contributed by atoms with Gasteiger partial charge in [-0.25, -0.2) is 9.37 Å². The summed E-state index contributed by atoms with van der Waals surface area (Å²) in [5, 5.41) is 13.6. The molecule has 0 atom stereocenters. The molecule has 214 valence electrons. The van der Waals surface area contributed by atoms with Gasteiger partial charge in [0.15, 0.2) is 5.69 Å². The number of fused-ring (bicyclic) bond motifs is 2. The molecule has 2 bridgehead atoms. The van der Waals surface area contributed by atoms with E-state index in [1.54, 1.807) is 13.0 Å². The Hall–Kier alpha value is -3.80. The van der Waals surface area contributed by atoms with E-state index in [-0.39, 0.29) is 30.3 Å². The Morgan fingerprint density at radius 1 is 1.10 bits per heavy atom. The van der Waals surface area contributed by atoms with Crippen LogP contribution >= 0.6 is 0 Å². The van der Waals surface area contributed by atoms with Crippen LogP contribution in [0.3, 0.4) is 0 Å². The molecule has 1 aromatic heterocycles. The summed E-state index contributed by atoms with van der Waals surface area (Å²) in [7, 11) is 4.52. The largest absolute Gasteiger partial charge is 0.501 e. The fourth-order valence-corrected chi connectivity index (χ4v) is 6.31. The van der Waals surface area contributed by atoms with Crippen LogP contribution in [0.4, 0.5) is 4.39 Å². The van der Waals surface area contributed by atoms with Gasteiger partial charge < -0.3 is 20.2 Å². The highest BCUT2D eigenvalue weighted by Gasteiger charge is 2.56. The second-order valence-corrected chi connectivity index (χ2v) is 11.5. The van der Waals surface area contributed by atoms with Gasteiger partial charge in [0, 0.05) is 39.8 Å². The summed E-state index contributed by atoms with van der Waals surface area (Å²) < 4.78 is 15.1. The van der Waals surface area contributed by atoms with Gasteiger partial charge in [0.2, 0.25) is 5.75 Å². The first kappa shape index (κ1) is 27.8. The van der Waals surface area contributed by atoms with Crippen LogP contribution in [0.1, 0.15) is 59.5 Å². The number of amides is 3. The number of likely N-dealkylation sites (tertiary alicyclic amines) is 1. The van der Waals surface area contributed by atoms with E-state index < -0.39 is 40.3 Å². The van der Waals surface area contributed by atoms with Crippen molar-refractivity contribution in [2.45, 2.75) is 63.2 Å². The number of aryl methyl sites for hydroxylation is 1. The molecule has 0 radical (unpaired) electrons. The molecule has 40 heavy (non-hydrogen) atoms. The Morgan fingerprint density at radius 2 is 1.77 bits per heavy atom. The lowest BCUT2D eigenvalue weighted by Gasteiger charge is -2.53. The molecule has 0 unspecified atom stereocenters. The zero-order valence-corrected chi connectivity index (χ0v) is 23.3. The highest BCUT2D eigenvalue weighted by atomic mass is 19.1. The molecule has 12 heteroatoms. The van der Waals surface area contributed by atoms with Crippen LogP contribution in [-0.4, -0.2) is 86.9 Å². The summed E-state index contributed by atoms with van der Waals surface area (Å²) in [6, 6.07) is 4.44. The number of carbonyl (C=O) groups is 3. The third kappa shape index (κ3) is 4.34. The number of rotatable bonds is 5. The first-order valence-electron chi connectivity index (χ1n) is 13.5. The van der Waals surface area contributed by atoms with Crippen LogP contribution in [0.5, 0.6) is 5.75 Å². The van der Waals surface area contributed by atoms with Crippen molar-refractivity contribution in [1.82, 2.24) is 29.6 Å². The van der Waals surface area contributed by atoms with Crippen LogP contribution in [-0.2, 0) is 28.2 Å². The van der Waals surface area contributed by atoms with Crippen LogP contribution < -0.4 is 10.9 Å². The third-order valence-electron chi connectivity index (χ3n) is 8.98. The van der Waals surface area contributed by atoms with Gasteiger partial charge in [0.25, 0.3) is 11.5 Å². The van der Waals surface area contributed by atoms with E-state index >= 15 is 0 Å². The highest BCUT2D eigenvalue weighted by Crippen LogP contribution is 2.51. The fourth-order valence-electron chi connectivity index (χ4n) is 6.31. The number of aromatic nitrogens is 2. The maximum atomic E-state index is 13.7. The monoisotopic (exact) mass is 554 g/mol. The van der Waals surface area contributed by atoms with Crippen molar-refractivity contribution in [3.8, 4) is 5.75 Å². The van der Waals surface area contributed by atoms with Gasteiger partial charge in [-0.3, -0.25) is 28.6 Å². The molecule has 2 fully saturated rings. The Labute approximate surface area is 231 Å². The predicted octanol–water partition coefficient (Wildman–Crippen LogP) is 1.10. The number of nitrogens with one attached hydrogen (secondary N) is 1. The van der Waals surface area contributed by atoms with Crippen molar-refractivity contribution in [3.05, 3.63) is 57.0 Å². The quantitative estimate of drug-likeness (QED) is 0.530. The number of benzene rings is 1. The predicted molar refractivity (Wildman–Crippen MR) is 143 cm³/mol. The number of carbonyl (C=O) groups excluding carboxylic acids is 3. The van der Waals surface area contributed by atoms with E-state index in [0.717, 1.165) is 19.5 Å². The third-order valence-corrected chi connectivity index (χ3v) is 8.98. The van der Waals surface area contributed by atoms with Gasteiger partial charge in [-0.05, 0) is 69.3 Å². The van der Waals surface area contributed by atoms with Gasteiger partial charge in [0.1, 0.15) is 17.2 Å². The summed E-state index contributed by atoms with van der Waals surface area (Å²) in [6.45, 7) is 3.70. The molecule has 2 N–H and O–H groups in total. The maximum Gasteiger partial charge on any atom is 0.312 e. The lowest BCUT2D eigenvalue weighted by Crippen LogP contribution is -2.60. The Morgan fingerprint density at radius 3 is 2.35 bits per heavy atom. The Bertz CT molecular complexity index is 1440. The van der Waals surface area contributed by atoms with Gasteiger partial charge in [-0.1, -0.05) is 12.1 Å². The van der Waals surface area contributed by atoms with Gasteiger partial charge in [-0.2, -0.15) is 0 Å². The van der Waals surface area contributed by atoms with E-state index in [1.807, 2.05) is 0 Å². The average molecular weight is 555 g/mol. The number of halogens is 1. The first-order chi connectivity index (χ1) is 18.9. The average Bonchev–Trinajstić information content (AvgIpc) is 3.13. The van der Waals surface area contributed by atoms with E-state index in [1.165, 1.54) is 47.6 Å². The lowest BCUT2D eigenvalue weighted by molar-refractivity contribution is -0.155. The minimum Gasteiger partial charge on any atom is -0.501 e. The summed E-state index contributed by atoms with van der Waals surface area (Å²) >= 11 is 0. The molecule has 1 saturated carbocycles. The zero-order chi connectivity index (χ0) is 29.0. The summed E-state index contributed by atoms with van der Waals surface area (Å²) in [6.07, 6.45) is 3.27. The molecule has 6 rings (SSSR count). The van der Waals surface area contributed by atoms with Crippen LogP contribution in [0.15, 0.2) is 23.0 Å². The van der Waals surface area contributed by atoms with E-state index in [0.29, 0.717) is 36.8 Å². The maximum absolute atomic E-state index is 13.7. The number of hydrogen-bond donors (Lipinski definition) is 2. The van der Waals surface area contributed by atoms with Crippen molar-refractivity contribution in [2.75, 3.05) is 34.2 Å². The smallest absolute Gasteiger partial charge is 0.312 e. The number of hydrogen-bond acceptors (Lipinski definition) is 7. The Kier molecular flexibility index (Phi) is 6.93. The minimum absolute atomic E-state index is 0.0262. The molecule has 3 aliphatic heterocycles. The number of aromatic hydroxyl groups is 1. The van der Waals surface area contributed by atoms with Crippen molar-refractivity contribution >= 4 is 17.7 Å². The second kappa shape index (κ2) is 9.99. The molecule has 4 heterocycles. The molecule has 4 aliphatic rings.